The van der Waals surface area contributed by atoms with Crippen LogP contribution in [0.3, 0.4) is 0 Å². The lowest BCUT2D eigenvalue weighted by Crippen LogP contribution is -2.20. The second-order valence-corrected chi connectivity index (χ2v) is 5.95. The van der Waals surface area contributed by atoms with Crippen LogP contribution in [0.4, 0.5) is 5.69 Å². The van der Waals surface area contributed by atoms with Crippen LogP contribution in [0.1, 0.15) is 19.4 Å². The first-order valence-corrected chi connectivity index (χ1v) is 6.92. The molecule has 0 bridgehead atoms. The second-order valence-electron chi connectivity index (χ2n) is 5.16. The van der Waals surface area contributed by atoms with E-state index in [1.165, 1.54) is 6.07 Å². The lowest BCUT2D eigenvalue weighted by molar-refractivity contribution is -0.385. The van der Waals surface area contributed by atoms with Crippen molar-refractivity contribution in [3.8, 4) is 0 Å². The Morgan fingerprint density at radius 1 is 1.39 bits per heavy atom. The number of hydrogen-bond donors (Lipinski definition) is 0. The van der Waals surface area contributed by atoms with Crippen molar-refractivity contribution in [2.75, 3.05) is 13.1 Å². The van der Waals surface area contributed by atoms with Crippen LogP contribution >= 0.6 is 15.9 Å². The molecule has 0 spiro atoms. The van der Waals surface area contributed by atoms with Crippen LogP contribution in [0.15, 0.2) is 22.7 Å². The monoisotopic (exact) mass is 312 g/mol. The van der Waals surface area contributed by atoms with E-state index in [-0.39, 0.29) is 10.6 Å². The van der Waals surface area contributed by atoms with Crippen LogP contribution in [0.5, 0.6) is 0 Å². The van der Waals surface area contributed by atoms with Crippen LogP contribution in [0.2, 0.25) is 0 Å². The fraction of sp³-hybridized carbons (Fsp3) is 0.538. The Labute approximate surface area is 115 Å². The maximum Gasteiger partial charge on any atom is 0.283 e. The van der Waals surface area contributed by atoms with E-state index in [4.69, 9.17) is 0 Å². The van der Waals surface area contributed by atoms with Gasteiger partial charge in [-0.25, -0.2) is 0 Å². The SMILES string of the molecule is CC1CN(Cc2cccc([N+](=O)[O-])c2Br)CC1C. The summed E-state index contributed by atoms with van der Waals surface area (Å²) < 4.78 is 0.613. The van der Waals surface area contributed by atoms with Gasteiger partial charge in [-0.05, 0) is 33.3 Å². The number of nitro groups is 1. The first-order chi connectivity index (χ1) is 8.49. The van der Waals surface area contributed by atoms with Crippen molar-refractivity contribution < 1.29 is 4.92 Å². The highest BCUT2D eigenvalue weighted by atomic mass is 79.9. The van der Waals surface area contributed by atoms with E-state index in [0.29, 0.717) is 16.3 Å². The summed E-state index contributed by atoms with van der Waals surface area (Å²) in [6.07, 6.45) is 0. The maximum absolute atomic E-state index is 10.9. The Balaban J connectivity index is 2.15. The van der Waals surface area contributed by atoms with Gasteiger partial charge in [-0.2, -0.15) is 0 Å². The number of nitrogens with zero attached hydrogens (tertiary/aromatic N) is 2. The van der Waals surface area contributed by atoms with E-state index >= 15 is 0 Å². The number of hydrogen-bond acceptors (Lipinski definition) is 3. The average molecular weight is 313 g/mol. The lowest BCUT2D eigenvalue weighted by Gasteiger charge is -2.16. The van der Waals surface area contributed by atoms with Gasteiger partial charge in [0.2, 0.25) is 0 Å². The number of likely N-dealkylation sites (tertiary alicyclic amines) is 1. The molecule has 0 aromatic heterocycles. The first kappa shape index (κ1) is 13.5. The van der Waals surface area contributed by atoms with Crippen molar-refractivity contribution in [3.63, 3.8) is 0 Å². The Kier molecular flexibility index (Phi) is 4.02. The van der Waals surface area contributed by atoms with Gasteiger partial charge in [0.25, 0.3) is 5.69 Å². The largest absolute Gasteiger partial charge is 0.298 e. The molecule has 18 heavy (non-hydrogen) atoms. The molecule has 1 aliphatic rings. The van der Waals surface area contributed by atoms with Crippen LogP contribution < -0.4 is 0 Å². The summed E-state index contributed by atoms with van der Waals surface area (Å²) in [5.41, 5.74) is 1.14. The van der Waals surface area contributed by atoms with Crippen molar-refractivity contribution in [1.29, 1.82) is 0 Å². The maximum atomic E-state index is 10.9. The van der Waals surface area contributed by atoms with Crippen molar-refractivity contribution in [2.45, 2.75) is 20.4 Å². The summed E-state index contributed by atoms with van der Waals surface area (Å²) in [6, 6.07) is 5.23. The average Bonchev–Trinajstić information content (AvgIpc) is 2.60. The topological polar surface area (TPSA) is 46.4 Å². The van der Waals surface area contributed by atoms with Crippen LogP contribution in [-0.4, -0.2) is 22.9 Å². The van der Waals surface area contributed by atoms with E-state index in [1.54, 1.807) is 6.07 Å². The van der Waals surface area contributed by atoms with Crippen molar-refractivity contribution >= 4 is 21.6 Å². The molecular formula is C13H17BrN2O2. The van der Waals surface area contributed by atoms with E-state index in [2.05, 4.69) is 34.7 Å². The molecule has 1 saturated heterocycles. The Bertz CT molecular complexity index is 454. The molecule has 0 aliphatic carbocycles. The number of benzene rings is 1. The quantitative estimate of drug-likeness (QED) is 0.634. The van der Waals surface area contributed by atoms with Gasteiger partial charge in [0.15, 0.2) is 0 Å². The molecule has 1 heterocycles. The van der Waals surface area contributed by atoms with Gasteiger partial charge in [-0.15, -0.1) is 0 Å². The van der Waals surface area contributed by atoms with Gasteiger partial charge in [0.05, 0.1) is 9.40 Å². The third kappa shape index (κ3) is 2.72. The minimum absolute atomic E-state index is 0.146. The van der Waals surface area contributed by atoms with Gasteiger partial charge < -0.3 is 0 Å². The highest BCUT2D eigenvalue weighted by Gasteiger charge is 2.27. The molecule has 98 valence electrons. The van der Waals surface area contributed by atoms with E-state index < -0.39 is 0 Å². The zero-order valence-electron chi connectivity index (χ0n) is 10.6. The van der Waals surface area contributed by atoms with E-state index in [9.17, 15) is 10.1 Å². The predicted molar refractivity (Wildman–Crippen MR) is 74.4 cm³/mol. The highest BCUT2D eigenvalue weighted by molar-refractivity contribution is 9.10. The Morgan fingerprint density at radius 2 is 2.00 bits per heavy atom. The van der Waals surface area contributed by atoms with E-state index in [1.807, 2.05) is 6.07 Å². The summed E-state index contributed by atoms with van der Waals surface area (Å²) in [7, 11) is 0. The molecule has 1 aromatic carbocycles. The molecule has 2 unspecified atom stereocenters. The van der Waals surface area contributed by atoms with Gasteiger partial charge in [0.1, 0.15) is 0 Å². The molecule has 0 saturated carbocycles. The van der Waals surface area contributed by atoms with Gasteiger partial charge in [-0.3, -0.25) is 15.0 Å². The molecule has 5 heteroatoms. The fourth-order valence-corrected chi connectivity index (χ4v) is 2.98. The van der Waals surface area contributed by atoms with Crippen molar-refractivity contribution in [1.82, 2.24) is 4.90 Å². The predicted octanol–water partition coefficient (Wildman–Crippen LogP) is 3.45. The molecule has 2 rings (SSSR count). The molecule has 1 aromatic rings. The summed E-state index contributed by atoms with van der Waals surface area (Å²) in [5.74, 6) is 1.39. The lowest BCUT2D eigenvalue weighted by atomic mass is 10.0. The molecule has 2 atom stereocenters. The molecule has 0 N–H and O–H groups in total. The molecular weight excluding hydrogens is 296 g/mol. The standard InChI is InChI=1S/C13H17BrN2O2/c1-9-6-15(7-10(9)2)8-11-4-3-5-12(13(11)14)16(17)18/h3-5,9-10H,6-8H2,1-2H3. The Hall–Kier alpha value is -0.940. The highest BCUT2D eigenvalue weighted by Crippen LogP contribution is 2.31. The number of nitro benzene ring substituents is 1. The smallest absolute Gasteiger partial charge is 0.283 e. The van der Waals surface area contributed by atoms with Gasteiger partial charge in [-0.1, -0.05) is 26.0 Å². The van der Waals surface area contributed by atoms with Crippen molar-refractivity contribution in [3.05, 3.63) is 38.3 Å². The summed E-state index contributed by atoms with van der Waals surface area (Å²) in [4.78, 5) is 12.9. The van der Waals surface area contributed by atoms with Gasteiger partial charge >= 0.3 is 0 Å². The van der Waals surface area contributed by atoms with Crippen molar-refractivity contribution in [2.24, 2.45) is 11.8 Å². The summed E-state index contributed by atoms with van der Waals surface area (Å²) in [6.45, 7) is 7.42. The van der Waals surface area contributed by atoms with Crippen LogP contribution in [0, 0.1) is 22.0 Å². The van der Waals surface area contributed by atoms with Crippen LogP contribution in [-0.2, 0) is 6.54 Å². The molecule has 0 radical (unpaired) electrons. The number of halogens is 1. The number of rotatable bonds is 3. The Morgan fingerprint density at radius 3 is 2.56 bits per heavy atom. The molecule has 1 fully saturated rings. The van der Waals surface area contributed by atoms with Crippen LogP contribution in [0.25, 0.3) is 0 Å². The molecule has 1 aliphatic heterocycles. The normalized spacial score (nSPS) is 24.4. The summed E-state index contributed by atoms with van der Waals surface area (Å²) in [5, 5.41) is 10.9. The molecule has 4 nitrogen and oxygen atoms in total. The first-order valence-electron chi connectivity index (χ1n) is 6.13. The minimum Gasteiger partial charge on any atom is -0.298 e. The van der Waals surface area contributed by atoms with E-state index in [0.717, 1.165) is 25.2 Å². The third-order valence-corrected chi connectivity index (χ3v) is 4.63. The van der Waals surface area contributed by atoms with Gasteiger partial charge in [0, 0.05) is 25.7 Å². The zero-order chi connectivity index (χ0) is 13.3. The fourth-order valence-electron chi connectivity index (χ4n) is 2.45. The second kappa shape index (κ2) is 5.36. The minimum atomic E-state index is -0.344. The molecule has 0 amide bonds. The summed E-state index contributed by atoms with van der Waals surface area (Å²) >= 11 is 3.35. The third-order valence-electron chi connectivity index (χ3n) is 3.71. The zero-order valence-corrected chi connectivity index (χ0v) is 12.2.